The molecule has 0 radical (unpaired) electrons. The fourth-order valence-corrected chi connectivity index (χ4v) is 3.85. The lowest BCUT2D eigenvalue weighted by Gasteiger charge is -2.36. The second kappa shape index (κ2) is 7.78. The minimum Gasteiger partial charge on any atom is -0.342 e. The Morgan fingerprint density at radius 3 is 2.57 bits per heavy atom. The highest BCUT2D eigenvalue weighted by Gasteiger charge is 2.32. The molecule has 2 heterocycles. The van der Waals surface area contributed by atoms with Gasteiger partial charge in [0, 0.05) is 26.1 Å². The average molecular weight is 312 g/mol. The summed E-state index contributed by atoms with van der Waals surface area (Å²) < 4.78 is 0. The SMILES string of the molecule is CN1CC=CCC(C2CCN(CCc3ccccc3)CC2)C1=O. The maximum absolute atomic E-state index is 12.5. The summed E-state index contributed by atoms with van der Waals surface area (Å²) in [5.41, 5.74) is 1.42. The molecule has 3 nitrogen and oxygen atoms in total. The Labute approximate surface area is 140 Å². The Hall–Kier alpha value is -1.61. The minimum atomic E-state index is 0.204. The standard InChI is InChI=1S/C20H28N2O/c1-21-13-6-5-9-19(20(21)23)18-11-15-22(16-12-18)14-10-17-7-3-2-4-8-17/h2-8,18-19H,9-16H2,1H3. The molecule has 3 heteroatoms. The van der Waals surface area contributed by atoms with Crippen LogP contribution in [0.25, 0.3) is 0 Å². The Morgan fingerprint density at radius 2 is 1.83 bits per heavy atom. The number of amides is 1. The number of allylic oxidation sites excluding steroid dienone is 1. The first-order chi connectivity index (χ1) is 11.2. The molecule has 0 N–H and O–H groups in total. The van der Waals surface area contributed by atoms with E-state index in [0.29, 0.717) is 11.8 Å². The molecule has 1 aromatic rings. The van der Waals surface area contributed by atoms with Crippen LogP contribution in [0.5, 0.6) is 0 Å². The van der Waals surface area contributed by atoms with Crippen LogP contribution in [0.3, 0.4) is 0 Å². The number of carbonyl (C=O) groups is 1. The third-order valence-electron chi connectivity index (χ3n) is 5.39. The van der Waals surface area contributed by atoms with E-state index >= 15 is 0 Å². The first-order valence-electron chi connectivity index (χ1n) is 8.90. The summed E-state index contributed by atoms with van der Waals surface area (Å²) in [6, 6.07) is 10.7. The second-order valence-electron chi connectivity index (χ2n) is 6.95. The van der Waals surface area contributed by atoms with Crippen LogP contribution in [0.2, 0.25) is 0 Å². The predicted molar refractivity (Wildman–Crippen MR) is 94.2 cm³/mol. The molecule has 1 aromatic carbocycles. The maximum atomic E-state index is 12.5. The van der Waals surface area contributed by atoms with Crippen molar-refractivity contribution < 1.29 is 4.79 Å². The summed E-state index contributed by atoms with van der Waals surface area (Å²) in [7, 11) is 1.93. The largest absolute Gasteiger partial charge is 0.342 e. The first-order valence-corrected chi connectivity index (χ1v) is 8.90. The number of hydrogen-bond acceptors (Lipinski definition) is 2. The predicted octanol–water partition coefficient (Wildman–Crippen LogP) is 2.98. The summed E-state index contributed by atoms with van der Waals surface area (Å²) >= 11 is 0. The Morgan fingerprint density at radius 1 is 1.09 bits per heavy atom. The van der Waals surface area contributed by atoms with Gasteiger partial charge in [-0.1, -0.05) is 42.5 Å². The molecule has 3 rings (SSSR count). The molecule has 1 saturated heterocycles. The normalized spacial score (nSPS) is 24.0. The van der Waals surface area contributed by atoms with Gasteiger partial charge in [0.25, 0.3) is 0 Å². The first kappa shape index (κ1) is 16.3. The topological polar surface area (TPSA) is 23.6 Å². The van der Waals surface area contributed by atoms with Crippen molar-refractivity contribution in [1.29, 1.82) is 0 Å². The van der Waals surface area contributed by atoms with E-state index in [-0.39, 0.29) is 5.92 Å². The molecule has 0 aromatic heterocycles. The Kier molecular flexibility index (Phi) is 5.50. The van der Waals surface area contributed by atoms with Gasteiger partial charge < -0.3 is 9.80 Å². The van der Waals surface area contributed by atoms with Gasteiger partial charge in [-0.3, -0.25) is 4.79 Å². The zero-order valence-corrected chi connectivity index (χ0v) is 14.2. The monoisotopic (exact) mass is 312 g/mol. The van der Waals surface area contributed by atoms with Crippen LogP contribution in [0.1, 0.15) is 24.8 Å². The number of benzene rings is 1. The van der Waals surface area contributed by atoms with Crippen LogP contribution in [0.4, 0.5) is 0 Å². The van der Waals surface area contributed by atoms with Gasteiger partial charge in [-0.2, -0.15) is 0 Å². The van der Waals surface area contributed by atoms with E-state index in [2.05, 4.69) is 47.4 Å². The van der Waals surface area contributed by atoms with Gasteiger partial charge in [-0.15, -0.1) is 0 Å². The van der Waals surface area contributed by atoms with Gasteiger partial charge in [-0.25, -0.2) is 0 Å². The van der Waals surface area contributed by atoms with Crippen LogP contribution in [-0.2, 0) is 11.2 Å². The van der Waals surface area contributed by atoms with Gasteiger partial charge in [-0.05, 0) is 50.3 Å². The summed E-state index contributed by atoms with van der Waals surface area (Å²) in [4.78, 5) is 17.0. The van der Waals surface area contributed by atoms with Crippen molar-refractivity contribution in [1.82, 2.24) is 9.80 Å². The number of likely N-dealkylation sites (tertiary alicyclic amines) is 1. The van der Waals surface area contributed by atoms with Gasteiger partial charge in [0.1, 0.15) is 0 Å². The fourth-order valence-electron chi connectivity index (χ4n) is 3.85. The van der Waals surface area contributed by atoms with Gasteiger partial charge >= 0.3 is 0 Å². The van der Waals surface area contributed by atoms with Crippen molar-refractivity contribution in [2.45, 2.75) is 25.7 Å². The van der Waals surface area contributed by atoms with Crippen LogP contribution < -0.4 is 0 Å². The van der Waals surface area contributed by atoms with E-state index < -0.39 is 0 Å². The number of hydrogen-bond donors (Lipinski definition) is 0. The number of piperidine rings is 1. The quantitative estimate of drug-likeness (QED) is 0.798. The smallest absolute Gasteiger partial charge is 0.226 e. The Balaban J connectivity index is 1.48. The van der Waals surface area contributed by atoms with Crippen molar-refractivity contribution in [3.63, 3.8) is 0 Å². The molecule has 0 spiro atoms. The van der Waals surface area contributed by atoms with Gasteiger partial charge in [0.2, 0.25) is 5.91 Å². The lowest BCUT2D eigenvalue weighted by molar-refractivity contribution is -0.135. The lowest BCUT2D eigenvalue weighted by Crippen LogP contribution is -2.41. The highest BCUT2D eigenvalue weighted by Crippen LogP contribution is 2.30. The van der Waals surface area contributed by atoms with E-state index in [1.165, 1.54) is 5.56 Å². The molecular weight excluding hydrogens is 284 g/mol. The molecule has 0 aliphatic carbocycles. The summed E-state index contributed by atoms with van der Waals surface area (Å²) in [5.74, 6) is 1.11. The van der Waals surface area contributed by atoms with Crippen molar-refractivity contribution in [2.24, 2.45) is 11.8 Å². The molecule has 1 unspecified atom stereocenters. The summed E-state index contributed by atoms with van der Waals surface area (Å²) in [6.45, 7) is 4.17. The Bertz CT molecular complexity index is 532. The van der Waals surface area contributed by atoms with Crippen molar-refractivity contribution in [2.75, 3.05) is 33.2 Å². The molecule has 1 atom stereocenters. The van der Waals surface area contributed by atoms with Crippen molar-refractivity contribution >= 4 is 5.91 Å². The molecule has 2 aliphatic heterocycles. The number of rotatable bonds is 4. The van der Waals surface area contributed by atoms with E-state index in [0.717, 1.165) is 51.9 Å². The van der Waals surface area contributed by atoms with E-state index in [9.17, 15) is 4.79 Å². The fraction of sp³-hybridized carbons (Fsp3) is 0.550. The number of nitrogens with zero attached hydrogens (tertiary/aromatic N) is 2. The highest BCUT2D eigenvalue weighted by molar-refractivity contribution is 5.79. The highest BCUT2D eigenvalue weighted by atomic mass is 16.2. The minimum absolute atomic E-state index is 0.204. The lowest BCUT2D eigenvalue weighted by atomic mass is 9.81. The van der Waals surface area contributed by atoms with Gasteiger partial charge in [0.05, 0.1) is 0 Å². The molecule has 0 saturated carbocycles. The molecule has 2 aliphatic rings. The molecule has 23 heavy (non-hydrogen) atoms. The summed E-state index contributed by atoms with van der Waals surface area (Å²) in [6.07, 6.45) is 8.71. The van der Waals surface area contributed by atoms with Crippen LogP contribution in [0, 0.1) is 11.8 Å². The summed E-state index contributed by atoms with van der Waals surface area (Å²) in [5, 5.41) is 0. The van der Waals surface area contributed by atoms with Crippen LogP contribution in [0.15, 0.2) is 42.5 Å². The van der Waals surface area contributed by atoms with Crippen LogP contribution >= 0.6 is 0 Å². The molecule has 1 fully saturated rings. The van der Waals surface area contributed by atoms with E-state index in [4.69, 9.17) is 0 Å². The molecular formula is C20H28N2O. The molecule has 1 amide bonds. The maximum Gasteiger partial charge on any atom is 0.226 e. The number of likely N-dealkylation sites (N-methyl/N-ethyl adjacent to an activating group) is 1. The van der Waals surface area contributed by atoms with E-state index in [1.807, 2.05) is 11.9 Å². The average Bonchev–Trinajstić information content (AvgIpc) is 2.76. The van der Waals surface area contributed by atoms with Crippen LogP contribution in [-0.4, -0.2) is 48.9 Å². The zero-order chi connectivity index (χ0) is 16.1. The van der Waals surface area contributed by atoms with Crippen molar-refractivity contribution in [3.8, 4) is 0 Å². The van der Waals surface area contributed by atoms with E-state index in [1.54, 1.807) is 0 Å². The van der Waals surface area contributed by atoms with Crippen molar-refractivity contribution in [3.05, 3.63) is 48.0 Å². The second-order valence-corrected chi connectivity index (χ2v) is 6.95. The third-order valence-corrected chi connectivity index (χ3v) is 5.39. The van der Waals surface area contributed by atoms with Gasteiger partial charge in [0.15, 0.2) is 0 Å². The number of carbonyl (C=O) groups excluding carboxylic acids is 1. The molecule has 0 bridgehead atoms. The third kappa shape index (κ3) is 4.23. The zero-order valence-electron chi connectivity index (χ0n) is 14.2. The molecule has 124 valence electrons.